The SMILES string of the molecule is CC(=O)NCCCCCC(=O)NCc1cccc(-c2cccc([C@H]3O[C@@H](CSc4nccn4C)C[C@@H](c4ccc(CO)cc4)O3)c2)c1. The maximum absolute atomic E-state index is 12.4. The molecule has 9 nitrogen and oxygen atoms in total. The molecule has 0 unspecified atom stereocenters. The lowest BCUT2D eigenvalue weighted by Gasteiger charge is -2.36. The number of amides is 2. The summed E-state index contributed by atoms with van der Waals surface area (Å²) in [5.74, 6) is 0.739. The summed E-state index contributed by atoms with van der Waals surface area (Å²) in [5.41, 5.74) is 5.96. The third kappa shape index (κ3) is 10.3. The molecular weight excluding hydrogens is 612 g/mol. The number of imidazole rings is 1. The van der Waals surface area contributed by atoms with E-state index in [0.717, 1.165) is 63.6 Å². The van der Waals surface area contributed by atoms with E-state index in [2.05, 4.69) is 39.9 Å². The van der Waals surface area contributed by atoms with Gasteiger partial charge in [0.05, 0.1) is 18.8 Å². The molecule has 3 aromatic carbocycles. The number of aliphatic hydroxyl groups is 1. The van der Waals surface area contributed by atoms with Crippen LogP contribution in [0.5, 0.6) is 0 Å². The normalized spacial score (nSPS) is 17.7. The molecule has 10 heteroatoms. The van der Waals surface area contributed by atoms with Gasteiger partial charge in [0.2, 0.25) is 11.8 Å². The monoisotopic (exact) mass is 656 g/mol. The van der Waals surface area contributed by atoms with Crippen LogP contribution in [0.1, 0.15) is 73.7 Å². The number of thioether (sulfide) groups is 1. The minimum atomic E-state index is -0.557. The number of rotatable bonds is 15. The molecule has 0 saturated carbocycles. The van der Waals surface area contributed by atoms with Crippen LogP contribution in [0.4, 0.5) is 0 Å². The van der Waals surface area contributed by atoms with Crippen molar-refractivity contribution >= 4 is 23.6 Å². The third-order valence-corrected chi connectivity index (χ3v) is 9.34. The Hall–Kier alpha value is -3.96. The molecule has 1 fully saturated rings. The van der Waals surface area contributed by atoms with E-state index in [4.69, 9.17) is 9.47 Å². The second-order valence-corrected chi connectivity index (χ2v) is 12.9. The molecular formula is C37H44N4O5S. The molecule has 248 valence electrons. The van der Waals surface area contributed by atoms with Crippen molar-refractivity contribution in [2.45, 2.75) is 75.8 Å². The van der Waals surface area contributed by atoms with Crippen LogP contribution in [0.3, 0.4) is 0 Å². The lowest BCUT2D eigenvalue weighted by molar-refractivity contribution is -0.245. The van der Waals surface area contributed by atoms with Crippen molar-refractivity contribution in [1.29, 1.82) is 0 Å². The number of carbonyl (C=O) groups excluding carboxylic acids is 2. The fourth-order valence-electron chi connectivity index (χ4n) is 5.55. The van der Waals surface area contributed by atoms with E-state index in [1.54, 1.807) is 18.0 Å². The van der Waals surface area contributed by atoms with Crippen LogP contribution in [0.25, 0.3) is 11.1 Å². The minimum absolute atomic E-state index is 0.00293. The molecule has 1 aromatic heterocycles. The van der Waals surface area contributed by atoms with Gasteiger partial charge in [-0.05, 0) is 52.8 Å². The summed E-state index contributed by atoms with van der Waals surface area (Å²) in [7, 11) is 1.99. The number of nitrogens with zero attached hydrogens (tertiary/aromatic N) is 2. The number of unbranched alkanes of at least 4 members (excludes halogenated alkanes) is 2. The zero-order valence-electron chi connectivity index (χ0n) is 27.1. The van der Waals surface area contributed by atoms with E-state index >= 15 is 0 Å². The number of ether oxygens (including phenoxy) is 2. The van der Waals surface area contributed by atoms with Crippen molar-refractivity contribution in [2.75, 3.05) is 12.3 Å². The predicted molar refractivity (Wildman–Crippen MR) is 183 cm³/mol. The summed E-state index contributed by atoms with van der Waals surface area (Å²) in [6, 6.07) is 24.4. The first-order valence-corrected chi connectivity index (χ1v) is 17.2. The molecule has 1 saturated heterocycles. The Balaban J connectivity index is 1.24. The summed E-state index contributed by atoms with van der Waals surface area (Å²) in [5, 5.41) is 16.3. The number of benzene rings is 3. The maximum Gasteiger partial charge on any atom is 0.220 e. The van der Waals surface area contributed by atoms with Crippen LogP contribution in [-0.4, -0.2) is 44.9 Å². The lowest BCUT2D eigenvalue weighted by atomic mass is 9.99. The van der Waals surface area contributed by atoms with E-state index in [9.17, 15) is 14.7 Å². The van der Waals surface area contributed by atoms with E-state index in [0.29, 0.717) is 25.9 Å². The van der Waals surface area contributed by atoms with Crippen molar-refractivity contribution in [3.05, 3.63) is 107 Å². The van der Waals surface area contributed by atoms with Crippen molar-refractivity contribution in [3.63, 3.8) is 0 Å². The number of hydrogen-bond acceptors (Lipinski definition) is 7. The third-order valence-electron chi connectivity index (χ3n) is 8.15. The van der Waals surface area contributed by atoms with E-state index in [1.807, 2.05) is 66.3 Å². The molecule has 1 aliphatic heterocycles. The molecule has 0 aliphatic carbocycles. The van der Waals surface area contributed by atoms with Crippen LogP contribution in [0.15, 0.2) is 90.3 Å². The Labute approximate surface area is 281 Å². The standard InChI is InChI=1S/C37H44N4O5S/c1-26(43)38-17-5-3-4-12-35(44)40-23-28-8-6-9-30(20-28)31-10-7-11-32(21-31)36-45-33(25-47-37-39-18-19-41(37)2)22-34(46-36)29-15-13-27(24-42)14-16-29/h6-11,13-16,18-21,33-34,36,42H,3-5,12,17,22-25H2,1-2H3,(H,38,43)(H,40,44)/t33-,34+,36+/m1/s1. The van der Waals surface area contributed by atoms with Crippen LogP contribution in [0.2, 0.25) is 0 Å². The summed E-state index contributed by atoms with van der Waals surface area (Å²) in [4.78, 5) is 27.8. The molecule has 0 radical (unpaired) electrons. The minimum Gasteiger partial charge on any atom is -0.392 e. The van der Waals surface area contributed by atoms with Gasteiger partial charge >= 0.3 is 0 Å². The van der Waals surface area contributed by atoms with Gasteiger partial charge in [0.25, 0.3) is 0 Å². The topological polar surface area (TPSA) is 115 Å². The average Bonchev–Trinajstić information content (AvgIpc) is 3.52. The highest BCUT2D eigenvalue weighted by atomic mass is 32.2. The molecule has 3 N–H and O–H groups in total. The molecule has 0 spiro atoms. The number of aryl methyl sites for hydroxylation is 1. The molecule has 2 amide bonds. The zero-order chi connectivity index (χ0) is 33.0. The Morgan fingerprint density at radius 2 is 1.72 bits per heavy atom. The molecule has 0 bridgehead atoms. The fraction of sp³-hybridized carbons (Fsp3) is 0.378. The van der Waals surface area contributed by atoms with Crippen molar-refractivity contribution in [2.24, 2.45) is 7.05 Å². The van der Waals surface area contributed by atoms with Crippen molar-refractivity contribution < 1.29 is 24.2 Å². The lowest BCUT2D eigenvalue weighted by Crippen LogP contribution is -2.31. The highest BCUT2D eigenvalue weighted by Gasteiger charge is 2.32. The summed E-state index contributed by atoms with van der Waals surface area (Å²) in [6.45, 7) is 2.62. The molecule has 47 heavy (non-hydrogen) atoms. The summed E-state index contributed by atoms with van der Waals surface area (Å²) < 4.78 is 15.2. The Morgan fingerprint density at radius 1 is 0.936 bits per heavy atom. The van der Waals surface area contributed by atoms with Gasteiger partial charge in [-0.15, -0.1) is 0 Å². The smallest absolute Gasteiger partial charge is 0.220 e. The van der Waals surface area contributed by atoms with Gasteiger partial charge in [0, 0.05) is 63.6 Å². The Bertz CT molecular complexity index is 1610. The summed E-state index contributed by atoms with van der Waals surface area (Å²) in [6.07, 6.45) is 6.69. The van der Waals surface area contributed by atoms with Gasteiger partial charge in [0.1, 0.15) is 0 Å². The average molecular weight is 657 g/mol. The van der Waals surface area contributed by atoms with E-state index in [-0.39, 0.29) is 30.6 Å². The first kappa shape index (κ1) is 34.4. The number of nitrogens with one attached hydrogen (secondary N) is 2. The predicted octanol–water partition coefficient (Wildman–Crippen LogP) is 6.23. The Morgan fingerprint density at radius 3 is 2.47 bits per heavy atom. The van der Waals surface area contributed by atoms with Crippen molar-refractivity contribution in [1.82, 2.24) is 20.2 Å². The zero-order valence-corrected chi connectivity index (χ0v) is 27.9. The number of carbonyl (C=O) groups is 2. The van der Waals surface area contributed by atoms with Gasteiger partial charge in [-0.25, -0.2) is 4.98 Å². The first-order chi connectivity index (χ1) is 22.9. The van der Waals surface area contributed by atoms with Crippen LogP contribution in [0, 0.1) is 0 Å². The first-order valence-electron chi connectivity index (χ1n) is 16.2. The van der Waals surface area contributed by atoms with Gasteiger partial charge in [-0.3, -0.25) is 9.59 Å². The number of aliphatic hydroxyl groups excluding tert-OH is 1. The largest absolute Gasteiger partial charge is 0.392 e. The number of aromatic nitrogens is 2. The van der Waals surface area contributed by atoms with Crippen molar-refractivity contribution in [3.8, 4) is 11.1 Å². The number of hydrogen-bond donors (Lipinski definition) is 3. The molecule has 2 heterocycles. The second kappa shape index (κ2) is 17.3. The van der Waals surface area contributed by atoms with Crippen LogP contribution in [-0.2, 0) is 39.3 Å². The molecule has 4 aromatic rings. The fourth-order valence-corrected chi connectivity index (χ4v) is 6.50. The maximum atomic E-state index is 12.4. The van der Waals surface area contributed by atoms with Gasteiger partial charge in [-0.1, -0.05) is 78.8 Å². The quantitative estimate of drug-likeness (QED) is 0.103. The highest BCUT2D eigenvalue weighted by molar-refractivity contribution is 7.99. The molecule has 5 rings (SSSR count). The second-order valence-electron chi connectivity index (χ2n) is 11.9. The van der Waals surface area contributed by atoms with E-state index < -0.39 is 6.29 Å². The molecule has 1 aliphatic rings. The molecule has 3 atom stereocenters. The summed E-state index contributed by atoms with van der Waals surface area (Å²) >= 11 is 1.67. The van der Waals surface area contributed by atoms with Gasteiger partial charge < -0.3 is 29.8 Å². The van der Waals surface area contributed by atoms with E-state index in [1.165, 1.54) is 6.92 Å². The highest BCUT2D eigenvalue weighted by Crippen LogP contribution is 2.40. The van der Waals surface area contributed by atoms with Gasteiger partial charge in [0.15, 0.2) is 11.4 Å². The van der Waals surface area contributed by atoms with Crippen LogP contribution >= 0.6 is 11.8 Å². The van der Waals surface area contributed by atoms with Crippen LogP contribution < -0.4 is 10.6 Å². The van der Waals surface area contributed by atoms with Gasteiger partial charge in [-0.2, -0.15) is 0 Å². The Kier molecular flexibility index (Phi) is 12.6.